The van der Waals surface area contributed by atoms with Gasteiger partial charge in [0.25, 0.3) is 0 Å². The molecule has 1 heterocycles. The van der Waals surface area contributed by atoms with Gasteiger partial charge >= 0.3 is 12.0 Å². The quantitative estimate of drug-likeness (QED) is 0.479. The molecule has 1 aliphatic heterocycles. The number of urea groups is 1. The minimum Gasteiger partial charge on any atom is -0.468 e. The molecule has 0 radical (unpaired) electrons. The number of carbonyl (C=O) groups excluding carboxylic acids is 2. The van der Waals surface area contributed by atoms with E-state index < -0.39 is 11.4 Å². The molecule has 0 spiro atoms. The van der Waals surface area contributed by atoms with Crippen molar-refractivity contribution in [2.75, 3.05) is 24.2 Å². The van der Waals surface area contributed by atoms with Gasteiger partial charge in [-0.15, -0.1) is 0 Å². The van der Waals surface area contributed by atoms with Gasteiger partial charge in [0, 0.05) is 16.3 Å². The Balaban J connectivity index is 1.98. The van der Waals surface area contributed by atoms with Crippen LogP contribution in [0.5, 0.6) is 0 Å². The first kappa shape index (κ1) is 21.5. The summed E-state index contributed by atoms with van der Waals surface area (Å²) in [6.07, 6.45) is 1.78. The van der Waals surface area contributed by atoms with Crippen LogP contribution >= 0.6 is 35.1 Å². The second-order valence-corrected chi connectivity index (χ2v) is 8.18. The van der Waals surface area contributed by atoms with Crippen molar-refractivity contribution in [3.05, 3.63) is 64.1 Å². The molecule has 6 nitrogen and oxygen atoms in total. The molecule has 29 heavy (non-hydrogen) atoms. The van der Waals surface area contributed by atoms with Crippen molar-refractivity contribution in [1.82, 2.24) is 5.01 Å². The second kappa shape index (κ2) is 8.65. The number of ether oxygens (including phenoxy) is 1. The van der Waals surface area contributed by atoms with Gasteiger partial charge in [0.15, 0.2) is 0 Å². The molecule has 1 aliphatic rings. The number of anilines is 1. The lowest BCUT2D eigenvalue weighted by atomic mass is 9.82. The van der Waals surface area contributed by atoms with Crippen LogP contribution in [-0.4, -0.2) is 42.6 Å². The van der Waals surface area contributed by atoms with Gasteiger partial charge in [-0.3, -0.25) is 4.79 Å². The first-order chi connectivity index (χ1) is 13.8. The van der Waals surface area contributed by atoms with Gasteiger partial charge in [-0.2, -0.15) is 5.10 Å². The number of hydrazone groups is 1. The number of carbonyl (C=O) groups is 2. The van der Waals surface area contributed by atoms with E-state index in [1.165, 1.54) is 28.4 Å². The minimum atomic E-state index is -1.11. The standard InChI is InChI=1S/C20H19Cl2N3O3S/c1-20(18(26)28-2)12-24(23-17(20)13-4-6-14(21)7-5-13)19(27)25(29-3)16-10-8-15(22)9-11-16/h4-11H,12H2,1-3H3. The van der Waals surface area contributed by atoms with Crippen LogP contribution in [0.2, 0.25) is 10.0 Å². The summed E-state index contributed by atoms with van der Waals surface area (Å²) >= 11 is 13.2. The van der Waals surface area contributed by atoms with Gasteiger partial charge in [-0.25, -0.2) is 14.1 Å². The van der Waals surface area contributed by atoms with Crippen molar-refractivity contribution in [1.29, 1.82) is 0 Å². The molecule has 0 aromatic heterocycles. The van der Waals surface area contributed by atoms with E-state index in [-0.39, 0.29) is 12.6 Å². The van der Waals surface area contributed by atoms with Gasteiger partial charge in [0.2, 0.25) is 0 Å². The number of rotatable bonds is 4. The summed E-state index contributed by atoms with van der Waals surface area (Å²) in [5.41, 5.74) is 0.690. The third kappa shape index (κ3) is 4.22. The number of amides is 2. The zero-order chi connectivity index (χ0) is 21.2. The Morgan fingerprint density at radius 2 is 1.66 bits per heavy atom. The zero-order valence-corrected chi connectivity index (χ0v) is 18.4. The summed E-state index contributed by atoms with van der Waals surface area (Å²) in [7, 11) is 1.32. The number of hydrogen-bond donors (Lipinski definition) is 0. The van der Waals surface area contributed by atoms with Crippen molar-refractivity contribution in [3.63, 3.8) is 0 Å². The average Bonchev–Trinajstić information content (AvgIpc) is 3.08. The van der Waals surface area contributed by atoms with E-state index in [0.717, 1.165) is 0 Å². The van der Waals surface area contributed by atoms with Crippen molar-refractivity contribution in [3.8, 4) is 0 Å². The fourth-order valence-corrected chi connectivity index (χ4v) is 3.93. The van der Waals surface area contributed by atoms with Crippen LogP contribution in [0.25, 0.3) is 0 Å². The number of hydrogen-bond acceptors (Lipinski definition) is 5. The average molecular weight is 452 g/mol. The highest BCUT2D eigenvalue weighted by Crippen LogP contribution is 2.35. The Bertz CT molecular complexity index is 950. The van der Waals surface area contributed by atoms with Gasteiger partial charge in [0.05, 0.1) is 25.1 Å². The fraction of sp³-hybridized carbons (Fsp3) is 0.250. The molecule has 1 unspecified atom stereocenters. The first-order valence-corrected chi connectivity index (χ1v) is 10.6. The summed E-state index contributed by atoms with van der Waals surface area (Å²) < 4.78 is 6.50. The zero-order valence-electron chi connectivity index (χ0n) is 16.1. The molecule has 0 saturated carbocycles. The van der Waals surface area contributed by atoms with Gasteiger partial charge in [-0.05, 0) is 60.8 Å². The Morgan fingerprint density at radius 1 is 1.10 bits per heavy atom. The van der Waals surface area contributed by atoms with E-state index in [9.17, 15) is 9.59 Å². The van der Waals surface area contributed by atoms with Crippen LogP contribution in [0.3, 0.4) is 0 Å². The van der Waals surface area contributed by atoms with Crippen LogP contribution in [0.4, 0.5) is 10.5 Å². The molecule has 1 atom stereocenters. The van der Waals surface area contributed by atoms with Crippen molar-refractivity contribution >= 4 is 58.5 Å². The Labute approximate surface area is 183 Å². The van der Waals surface area contributed by atoms with E-state index >= 15 is 0 Å². The highest BCUT2D eigenvalue weighted by Gasteiger charge is 2.49. The summed E-state index contributed by atoms with van der Waals surface area (Å²) in [6, 6.07) is 13.5. The molecule has 152 valence electrons. The predicted molar refractivity (Wildman–Crippen MR) is 118 cm³/mol. The first-order valence-electron chi connectivity index (χ1n) is 8.65. The molecule has 2 aromatic carbocycles. The highest BCUT2D eigenvalue weighted by molar-refractivity contribution is 8.00. The molecular formula is C20H19Cl2N3O3S. The predicted octanol–water partition coefficient (Wildman–Crippen LogP) is 5.10. The maximum atomic E-state index is 13.2. The molecule has 0 aliphatic carbocycles. The normalized spacial score (nSPS) is 18.4. The Kier molecular flexibility index (Phi) is 6.41. The van der Waals surface area contributed by atoms with Gasteiger partial charge in [-0.1, -0.05) is 35.3 Å². The number of benzene rings is 2. The Hall–Kier alpha value is -2.22. The van der Waals surface area contributed by atoms with E-state index in [0.29, 0.717) is 27.0 Å². The van der Waals surface area contributed by atoms with Crippen LogP contribution in [0.15, 0.2) is 53.6 Å². The lowest BCUT2D eigenvalue weighted by Gasteiger charge is -2.26. The largest absolute Gasteiger partial charge is 0.468 e. The highest BCUT2D eigenvalue weighted by atomic mass is 35.5. The summed E-state index contributed by atoms with van der Waals surface area (Å²) in [5, 5.41) is 6.92. The molecule has 3 rings (SSSR count). The molecule has 0 fully saturated rings. The Morgan fingerprint density at radius 3 is 2.17 bits per heavy atom. The smallest absolute Gasteiger partial charge is 0.355 e. The van der Waals surface area contributed by atoms with Gasteiger partial charge < -0.3 is 4.74 Å². The third-order valence-electron chi connectivity index (χ3n) is 4.60. The van der Waals surface area contributed by atoms with E-state index in [4.69, 9.17) is 27.9 Å². The van der Waals surface area contributed by atoms with Crippen LogP contribution in [0, 0.1) is 5.41 Å². The fourth-order valence-electron chi connectivity index (χ4n) is 3.10. The monoisotopic (exact) mass is 451 g/mol. The van der Waals surface area contributed by atoms with Crippen LogP contribution < -0.4 is 4.31 Å². The van der Waals surface area contributed by atoms with E-state index in [1.807, 2.05) is 0 Å². The van der Waals surface area contributed by atoms with E-state index in [1.54, 1.807) is 61.7 Å². The lowest BCUT2D eigenvalue weighted by molar-refractivity contribution is -0.147. The van der Waals surface area contributed by atoms with Crippen molar-refractivity contribution in [2.45, 2.75) is 6.92 Å². The molecule has 2 amide bonds. The number of halogens is 2. The van der Waals surface area contributed by atoms with E-state index in [2.05, 4.69) is 5.10 Å². The molecule has 2 aromatic rings. The number of esters is 1. The summed E-state index contributed by atoms with van der Waals surface area (Å²) in [4.78, 5) is 25.8. The second-order valence-electron chi connectivity index (χ2n) is 6.57. The molecule has 9 heteroatoms. The lowest BCUT2D eigenvalue weighted by Crippen LogP contribution is -2.43. The molecule has 0 bridgehead atoms. The number of nitrogens with zero attached hydrogens (tertiary/aromatic N) is 3. The van der Waals surface area contributed by atoms with Gasteiger partial charge in [0.1, 0.15) is 5.41 Å². The molecule has 0 saturated heterocycles. The van der Waals surface area contributed by atoms with Crippen molar-refractivity contribution in [2.24, 2.45) is 10.5 Å². The topological polar surface area (TPSA) is 62.2 Å². The van der Waals surface area contributed by atoms with Crippen LogP contribution in [0.1, 0.15) is 12.5 Å². The third-order valence-corrected chi connectivity index (χ3v) is 5.84. The number of methoxy groups -OCH3 is 1. The summed E-state index contributed by atoms with van der Waals surface area (Å²) in [6.45, 7) is 1.77. The SMILES string of the molecule is COC(=O)C1(C)CN(C(=O)N(SC)c2ccc(Cl)cc2)N=C1c1ccc(Cl)cc1. The minimum absolute atomic E-state index is 0.0567. The van der Waals surface area contributed by atoms with Crippen molar-refractivity contribution < 1.29 is 14.3 Å². The molecular weight excluding hydrogens is 433 g/mol. The van der Waals surface area contributed by atoms with Crippen LogP contribution in [-0.2, 0) is 9.53 Å². The maximum absolute atomic E-state index is 13.2. The molecule has 0 N–H and O–H groups in total. The maximum Gasteiger partial charge on any atom is 0.355 e. The summed E-state index contributed by atoms with van der Waals surface area (Å²) in [5.74, 6) is -0.469.